The van der Waals surface area contributed by atoms with E-state index >= 15 is 0 Å². The molecule has 7 nitrogen and oxygen atoms in total. The molecule has 0 aliphatic rings. The number of hydrogen-bond acceptors (Lipinski definition) is 5. The van der Waals surface area contributed by atoms with Gasteiger partial charge in [0.15, 0.2) is 0 Å². The first-order valence-corrected chi connectivity index (χ1v) is 9.84. The van der Waals surface area contributed by atoms with E-state index in [1.54, 1.807) is 12.3 Å². The van der Waals surface area contributed by atoms with Crippen LogP contribution in [-0.2, 0) is 16.6 Å². The van der Waals surface area contributed by atoms with Crippen molar-refractivity contribution in [2.24, 2.45) is 0 Å². The fourth-order valence-electron chi connectivity index (χ4n) is 2.17. The van der Waals surface area contributed by atoms with Crippen molar-refractivity contribution in [3.8, 4) is 18.2 Å². The van der Waals surface area contributed by atoms with Crippen LogP contribution in [0.4, 0.5) is 0 Å². The maximum absolute atomic E-state index is 12.3. The molecule has 8 heteroatoms. The Balaban J connectivity index is 2.02. The third kappa shape index (κ3) is 5.81. The van der Waals surface area contributed by atoms with Crippen molar-refractivity contribution in [1.29, 1.82) is 0 Å². The predicted octanol–water partition coefficient (Wildman–Crippen LogP) is 1.71. The highest BCUT2D eigenvalue weighted by Gasteiger charge is 2.14. The fraction of sp³-hybridized carbons (Fsp3) is 0.263. The van der Waals surface area contributed by atoms with Gasteiger partial charge in [0.1, 0.15) is 0 Å². The molecule has 1 aromatic carbocycles. The Hall–Kier alpha value is -2.89. The molecule has 1 aromatic heterocycles. The molecule has 0 atom stereocenters. The van der Waals surface area contributed by atoms with Gasteiger partial charge in [-0.25, -0.2) is 13.4 Å². The van der Waals surface area contributed by atoms with Gasteiger partial charge in [-0.2, -0.15) is 4.72 Å². The number of nitrogens with zero attached hydrogens (tertiary/aromatic N) is 1. The largest absolute Gasteiger partial charge is 0.477 e. The van der Waals surface area contributed by atoms with Gasteiger partial charge in [0.05, 0.1) is 18.0 Å². The van der Waals surface area contributed by atoms with Crippen LogP contribution < -0.4 is 14.8 Å². The van der Waals surface area contributed by atoms with Crippen LogP contribution in [0.15, 0.2) is 47.5 Å². The van der Waals surface area contributed by atoms with E-state index < -0.39 is 10.0 Å². The SMILES string of the molecule is C#CCNS(=O)(=O)c1ccc(C(=O)NCc2cccnc2OCCC)cc1. The van der Waals surface area contributed by atoms with Crippen LogP contribution in [0.25, 0.3) is 0 Å². The van der Waals surface area contributed by atoms with Crippen LogP contribution in [-0.4, -0.2) is 32.5 Å². The summed E-state index contributed by atoms with van der Waals surface area (Å²) in [5.74, 6) is 2.36. The number of sulfonamides is 1. The number of benzene rings is 1. The van der Waals surface area contributed by atoms with Gasteiger partial charge in [0, 0.05) is 23.9 Å². The summed E-state index contributed by atoms with van der Waals surface area (Å²) in [4.78, 5) is 16.5. The van der Waals surface area contributed by atoms with Crippen LogP contribution in [0, 0.1) is 12.3 Å². The summed E-state index contributed by atoms with van der Waals surface area (Å²) in [5.41, 5.74) is 1.10. The highest BCUT2D eigenvalue weighted by molar-refractivity contribution is 7.89. The molecule has 1 amide bonds. The summed E-state index contributed by atoms with van der Waals surface area (Å²) < 4.78 is 31.8. The number of nitrogens with one attached hydrogen (secondary N) is 2. The number of hydrogen-bond donors (Lipinski definition) is 2. The van der Waals surface area contributed by atoms with Crippen LogP contribution in [0.5, 0.6) is 5.88 Å². The van der Waals surface area contributed by atoms with E-state index in [2.05, 4.69) is 20.9 Å². The van der Waals surface area contributed by atoms with E-state index in [0.717, 1.165) is 12.0 Å². The number of carbonyl (C=O) groups excluding carboxylic acids is 1. The molecule has 0 radical (unpaired) electrons. The zero-order valence-corrected chi connectivity index (χ0v) is 15.8. The van der Waals surface area contributed by atoms with E-state index in [0.29, 0.717) is 18.1 Å². The van der Waals surface area contributed by atoms with Crippen molar-refractivity contribution in [3.05, 3.63) is 53.7 Å². The van der Waals surface area contributed by atoms with E-state index in [1.807, 2.05) is 13.0 Å². The summed E-state index contributed by atoms with van der Waals surface area (Å²) in [6.07, 6.45) is 7.54. The van der Waals surface area contributed by atoms with Crippen LogP contribution >= 0.6 is 0 Å². The monoisotopic (exact) mass is 387 g/mol. The molecular weight excluding hydrogens is 366 g/mol. The second kappa shape index (κ2) is 9.71. The summed E-state index contributed by atoms with van der Waals surface area (Å²) in [5, 5.41) is 2.77. The van der Waals surface area contributed by atoms with Crippen molar-refractivity contribution >= 4 is 15.9 Å². The lowest BCUT2D eigenvalue weighted by Crippen LogP contribution is -2.25. The average Bonchev–Trinajstić information content (AvgIpc) is 2.69. The Labute approximate surface area is 159 Å². The molecular formula is C19H21N3O4S. The highest BCUT2D eigenvalue weighted by Crippen LogP contribution is 2.15. The van der Waals surface area contributed by atoms with Crippen LogP contribution in [0.1, 0.15) is 29.3 Å². The van der Waals surface area contributed by atoms with Gasteiger partial charge in [0.25, 0.3) is 5.91 Å². The second-order valence-electron chi connectivity index (χ2n) is 5.55. The number of carbonyl (C=O) groups is 1. The number of rotatable bonds is 9. The van der Waals surface area contributed by atoms with Gasteiger partial charge in [-0.15, -0.1) is 6.42 Å². The molecule has 0 unspecified atom stereocenters. The van der Waals surface area contributed by atoms with Gasteiger partial charge in [0.2, 0.25) is 15.9 Å². The number of amides is 1. The quantitative estimate of drug-likeness (QED) is 0.639. The molecule has 27 heavy (non-hydrogen) atoms. The first-order chi connectivity index (χ1) is 13.0. The summed E-state index contributed by atoms with van der Waals surface area (Å²) in [7, 11) is -3.68. The minimum absolute atomic E-state index is 0.0387. The van der Waals surface area contributed by atoms with Crippen LogP contribution in [0.3, 0.4) is 0 Å². The van der Waals surface area contributed by atoms with Crippen LogP contribution in [0.2, 0.25) is 0 Å². The van der Waals surface area contributed by atoms with Crippen molar-refractivity contribution < 1.29 is 17.9 Å². The molecule has 1 heterocycles. The maximum atomic E-state index is 12.3. The van der Waals surface area contributed by atoms with Crippen molar-refractivity contribution in [2.45, 2.75) is 24.8 Å². The molecule has 0 aliphatic carbocycles. The molecule has 2 N–H and O–H groups in total. The Morgan fingerprint density at radius 2 is 2.00 bits per heavy atom. The zero-order valence-electron chi connectivity index (χ0n) is 14.9. The van der Waals surface area contributed by atoms with Gasteiger partial charge in [-0.3, -0.25) is 4.79 Å². The highest BCUT2D eigenvalue weighted by atomic mass is 32.2. The molecule has 2 aromatic rings. The van der Waals surface area contributed by atoms with Gasteiger partial charge in [-0.05, 0) is 36.8 Å². The molecule has 0 saturated carbocycles. The minimum Gasteiger partial charge on any atom is -0.477 e. The Morgan fingerprint density at radius 1 is 1.26 bits per heavy atom. The lowest BCUT2D eigenvalue weighted by molar-refractivity contribution is 0.0950. The molecule has 2 rings (SSSR count). The van der Waals surface area contributed by atoms with E-state index in [4.69, 9.17) is 11.2 Å². The standard InChI is InChI=1S/C19H21N3O4S/c1-3-11-22-27(24,25)17-9-7-15(8-10-17)18(23)21-14-16-6-5-12-20-19(16)26-13-4-2/h1,5-10,12,22H,4,11,13-14H2,2H3,(H,21,23). The van der Waals surface area contributed by atoms with Crippen molar-refractivity contribution in [1.82, 2.24) is 15.0 Å². The molecule has 0 aliphatic heterocycles. The topological polar surface area (TPSA) is 97.4 Å². The second-order valence-corrected chi connectivity index (χ2v) is 7.32. The Morgan fingerprint density at radius 3 is 2.67 bits per heavy atom. The third-order valence-corrected chi connectivity index (χ3v) is 4.94. The first kappa shape index (κ1) is 20.4. The predicted molar refractivity (Wildman–Crippen MR) is 102 cm³/mol. The van der Waals surface area contributed by atoms with Crippen molar-refractivity contribution in [2.75, 3.05) is 13.2 Å². The zero-order chi connectivity index (χ0) is 19.7. The normalized spacial score (nSPS) is 10.8. The van der Waals surface area contributed by atoms with Gasteiger partial charge in [-0.1, -0.05) is 18.9 Å². The summed E-state index contributed by atoms with van der Waals surface area (Å²) in [6, 6.07) is 9.19. The number of aromatic nitrogens is 1. The third-order valence-electron chi connectivity index (χ3n) is 3.52. The van der Waals surface area contributed by atoms with Gasteiger partial charge < -0.3 is 10.1 Å². The van der Waals surface area contributed by atoms with E-state index in [-0.39, 0.29) is 23.9 Å². The van der Waals surface area contributed by atoms with Crippen molar-refractivity contribution in [3.63, 3.8) is 0 Å². The smallest absolute Gasteiger partial charge is 0.251 e. The molecule has 0 bridgehead atoms. The maximum Gasteiger partial charge on any atom is 0.251 e. The average molecular weight is 387 g/mol. The summed E-state index contributed by atoms with van der Waals surface area (Å²) in [6.45, 7) is 2.69. The molecule has 0 fully saturated rings. The molecule has 0 saturated heterocycles. The summed E-state index contributed by atoms with van der Waals surface area (Å²) >= 11 is 0. The lowest BCUT2D eigenvalue weighted by Gasteiger charge is -2.11. The lowest BCUT2D eigenvalue weighted by atomic mass is 10.2. The fourth-order valence-corrected chi connectivity index (χ4v) is 3.10. The first-order valence-electron chi connectivity index (χ1n) is 8.36. The number of pyridine rings is 1. The molecule has 0 spiro atoms. The Kier molecular flexibility index (Phi) is 7.34. The Bertz CT molecular complexity index is 919. The number of terminal acetylenes is 1. The minimum atomic E-state index is -3.68. The number of ether oxygens (including phenoxy) is 1. The van der Waals surface area contributed by atoms with Gasteiger partial charge >= 0.3 is 0 Å². The van der Waals surface area contributed by atoms with E-state index in [1.165, 1.54) is 24.3 Å². The van der Waals surface area contributed by atoms with E-state index in [9.17, 15) is 13.2 Å². The molecule has 142 valence electrons.